The number of hydrogen-bond acceptors (Lipinski definition) is 4. The Labute approximate surface area is 121 Å². The van der Waals surface area contributed by atoms with Gasteiger partial charge < -0.3 is 10.1 Å². The number of hydrogen-bond donors (Lipinski definition) is 2. The minimum Gasteiger partial charge on any atom is -0.495 e. The van der Waals surface area contributed by atoms with Crippen LogP contribution in [0.15, 0.2) is 46.9 Å². The van der Waals surface area contributed by atoms with E-state index in [0.29, 0.717) is 5.11 Å². The van der Waals surface area contributed by atoms with Gasteiger partial charge in [0.25, 0.3) is 0 Å². The molecule has 0 unspecified atom stereocenters. The normalized spacial score (nSPS) is 10.4. The molecule has 6 heteroatoms. The van der Waals surface area contributed by atoms with Crippen molar-refractivity contribution in [1.82, 2.24) is 5.43 Å². The Morgan fingerprint density at radius 3 is 2.89 bits per heavy atom. The number of anilines is 1. The highest BCUT2D eigenvalue weighted by molar-refractivity contribution is 7.80. The largest absolute Gasteiger partial charge is 0.495 e. The van der Waals surface area contributed by atoms with E-state index >= 15 is 0 Å². The van der Waals surface area contributed by atoms with E-state index in [1.54, 1.807) is 24.7 Å². The number of nitrogens with one attached hydrogen (secondary N) is 2. The Hall–Kier alpha value is -1.92. The third kappa shape index (κ3) is 4.04. The van der Waals surface area contributed by atoms with Crippen molar-refractivity contribution in [2.75, 3.05) is 12.4 Å². The van der Waals surface area contributed by atoms with Gasteiger partial charge in [-0.1, -0.05) is 18.2 Å². The van der Waals surface area contributed by atoms with Crippen molar-refractivity contribution in [2.45, 2.75) is 0 Å². The molecule has 98 valence electrons. The predicted octanol–water partition coefficient (Wildman–Crippen LogP) is 3.08. The zero-order valence-corrected chi connectivity index (χ0v) is 11.9. The van der Waals surface area contributed by atoms with Crippen LogP contribution < -0.4 is 15.5 Å². The summed E-state index contributed by atoms with van der Waals surface area (Å²) in [7, 11) is 1.62. The lowest BCUT2D eigenvalue weighted by atomic mass is 10.3. The van der Waals surface area contributed by atoms with Gasteiger partial charge in [0.15, 0.2) is 5.11 Å². The van der Waals surface area contributed by atoms with Crippen LogP contribution in [0, 0.1) is 0 Å². The van der Waals surface area contributed by atoms with Crippen LogP contribution in [0.4, 0.5) is 5.69 Å². The first-order valence-electron chi connectivity index (χ1n) is 5.56. The molecule has 1 heterocycles. The number of methoxy groups -OCH3 is 1. The summed E-state index contributed by atoms with van der Waals surface area (Å²) in [6, 6.07) is 11.5. The van der Waals surface area contributed by atoms with E-state index in [1.807, 2.05) is 41.8 Å². The van der Waals surface area contributed by atoms with Gasteiger partial charge in [-0.15, -0.1) is 11.3 Å². The monoisotopic (exact) mass is 291 g/mol. The van der Waals surface area contributed by atoms with Crippen molar-refractivity contribution in [2.24, 2.45) is 5.10 Å². The van der Waals surface area contributed by atoms with E-state index in [-0.39, 0.29) is 0 Å². The molecule has 2 rings (SSSR count). The van der Waals surface area contributed by atoms with Gasteiger partial charge in [0.1, 0.15) is 5.75 Å². The fourth-order valence-corrected chi connectivity index (χ4v) is 2.17. The second-order valence-corrected chi connectivity index (χ2v) is 4.93. The van der Waals surface area contributed by atoms with Crippen LogP contribution in [0.5, 0.6) is 5.75 Å². The number of ether oxygens (including phenoxy) is 1. The summed E-state index contributed by atoms with van der Waals surface area (Å²) in [6.45, 7) is 0. The molecule has 19 heavy (non-hydrogen) atoms. The van der Waals surface area contributed by atoms with Crippen molar-refractivity contribution in [3.8, 4) is 5.75 Å². The molecule has 1 aromatic heterocycles. The molecular formula is C13H13N3OS2. The van der Waals surface area contributed by atoms with Crippen molar-refractivity contribution in [3.63, 3.8) is 0 Å². The van der Waals surface area contributed by atoms with Gasteiger partial charge in [0, 0.05) is 4.88 Å². The number of para-hydroxylation sites is 2. The van der Waals surface area contributed by atoms with Crippen molar-refractivity contribution in [3.05, 3.63) is 46.7 Å². The molecule has 2 N–H and O–H groups in total. The van der Waals surface area contributed by atoms with Crippen molar-refractivity contribution >= 4 is 40.6 Å². The highest BCUT2D eigenvalue weighted by Crippen LogP contribution is 2.22. The molecule has 0 amide bonds. The van der Waals surface area contributed by atoms with Gasteiger partial charge in [0.05, 0.1) is 19.0 Å². The smallest absolute Gasteiger partial charge is 0.191 e. The maximum atomic E-state index is 5.22. The van der Waals surface area contributed by atoms with Gasteiger partial charge in [-0.05, 0) is 35.8 Å². The number of nitrogens with zero attached hydrogens (tertiary/aromatic N) is 1. The topological polar surface area (TPSA) is 45.6 Å². The second kappa shape index (κ2) is 6.86. The Morgan fingerprint density at radius 2 is 2.16 bits per heavy atom. The molecule has 0 saturated carbocycles. The third-order valence-electron chi connectivity index (χ3n) is 2.26. The average Bonchev–Trinajstić information content (AvgIpc) is 2.92. The number of rotatable bonds is 4. The van der Waals surface area contributed by atoms with Crippen molar-refractivity contribution < 1.29 is 4.74 Å². The Balaban J connectivity index is 1.91. The Bertz CT molecular complexity index is 567. The van der Waals surface area contributed by atoms with Crippen LogP contribution in [0.1, 0.15) is 4.88 Å². The van der Waals surface area contributed by atoms with Gasteiger partial charge >= 0.3 is 0 Å². The predicted molar refractivity (Wildman–Crippen MR) is 84.3 cm³/mol. The highest BCUT2D eigenvalue weighted by Gasteiger charge is 2.02. The minimum atomic E-state index is 0.414. The van der Waals surface area contributed by atoms with Crippen molar-refractivity contribution in [1.29, 1.82) is 0 Å². The summed E-state index contributed by atoms with van der Waals surface area (Å²) in [5.41, 5.74) is 3.56. The van der Waals surface area contributed by atoms with Gasteiger partial charge in [-0.2, -0.15) is 5.10 Å². The molecule has 4 nitrogen and oxygen atoms in total. The van der Waals surface area contributed by atoms with Crippen LogP contribution >= 0.6 is 23.6 Å². The lowest BCUT2D eigenvalue weighted by Crippen LogP contribution is -2.24. The molecular weight excluding hydrogens is 278 g/mol. The van der Waals surface area contributed by atoms with E-state index < -0.39 is 0 Å². The molecule has 0 fully saturated rings. The fraction of sp³-hybridized carbons (Fsp3) is 0.0769. The van der Waals surface area contributed by atoms with E-state index in [2.05, 4.69) is 15.8 Å². The molecule has 0 saturated heterocycles. The quantitative estimate of drug-likeness (QED) is 0.516. The first-order chi connectivity index (χ1) is 9.29. The Kier molecular flexibility index (Phi) is 4.88. The third-order valence-corrected chi connectivity index (χ3v) is 3.26. The average molecular weight is 291 g/mol. The molecule has 0 aliphatic carbocycles. The molecule has 0 spiro atoms. The first kappa shape index (κ1) is 13.5. The minimum absolute atomic E-state index is 0.414. The number of benzene rings is 1. The van der Waals surface area contributed by atoms with Crippen LogP contribution in [0.3, 0.4) is 0 Å². The fourth-order valence-electron chi connectivity index (χ4n) is 1.42. The van der Waals surface area contributed by atoms with Gasteiger partial charge in [-0.3, -0.25) is 5.43 Å². The standard InChI is InChI=1S/C13H13N3OS2/c1-17-12-7-3-2-6-11(12)15-13(18)16-14-9-10-5-4-8-19-10/h2-9H,1H3,(H2,15,16,18). The number of thiocarbonyl (C=S) groups is 1. The summed E-state index contributed by atoms with van der Waals surface area (Å²) in [4.78, 5) is 1.06. The lowest BCUT2D eigenvalue weighted by molar-refractivity contribution is 0.417. The second-order valence-electron chi connectivity index (χ2n) is 3.54. The SMILES string of the molecule is COc1ccccc1NC(=S)NN=Cc1cccs1. The maximum absolute atomic E-state index is 5.22. The summed E-state index contributed by atoms with van der Waals surface area (Å²) >= 11 is 6.76. The van der Waals surface area contributed by atoms with E-state index in [0.717, 1.165) is 16.3 Å². The van der Waals surface area contributed by atoms with Gasteiger partial charge in [0.2, 0.25) is 0 Å². The Morgan fingerprint density at radius 1 is 1.32 bits per heavy atom. The summed E-state index contributed by atoms with van der Waals surface area (Å²) in [6.07, 6.45) is 1.72. The maximum Gasteiger partial charge on any atom is 0.191 e. The summed E-state index contributed by atoms with van der Waals surface area (Å²) in [5, 5.41) is 9.49. The first-order valence-corrected chi connectivity index (χ1v) is 6.85. The van der Waals surface area contributed by atoms with Crippen LogP contribution in [-0.4, -0.2) is 18.4 Å². The van der Waals surface area contributed by atoms with Crippen LogP contribution in [-0.2, 0) is 0 Å². The van der Waals surface area contributed by atoms with E-state index in [9.17, 15) is 0 Å². The highest BCUT2D eigenvalue weighted by atomic mass is 32.1. The zero-order valence-electron chi connectivity index (χ0n) is 10.3. The van der Waals surface area contributed by atoms with Crippen LogP contribution in [0.2, 0.25) is 0 Å². The molecule has 2 aromatic rings. The molecule has 0 atom stereocenters. The van der Waals surface area contributed by atoms with Gasteiger partial charge in [-0.25, -0.2) is 0 Å². The molecule has 1 aromatic carbocycles. The summed E-state index contributed by atoms with van der Waals surface area (Å²) in [5.74, 6) is 0.730. The number of hydrazone groups is 1. The molecule has 0 aliphatic rings. The molecule has 0 bridgehead atoms. The zero-order chi connectivity index (χ0) is 13.5. The lowest BCUT2D eigenvalue weighted by Gasteiger charge is -2.10. The summed E-state index contributed by atoms with van der Waals surface area (Å²) < 4.78 is 5.22. The van der Waals surface area contributed by atoms with E-state index in [1.165, 1.54) is 0 Å². The van der Waals surface area contributed by atoms with E-state index in [4.69, 9.17) is 17.0 Å². The van der Waals surface area contributed by atoms with Crippen LogP contribution in [0.25, 0.3) is 0 Å². The molecule has 0 aliphatic heterocycles. The molecule has 0 radical (unpaired) electrons. The number of thiophene rings is 1.